The minimum absolute atomic E-state index is 0.124. The molecule has 0 aliphatic carbocycles. The normalized spacial score (nSPS) is 11.5. The Morgan fingerprint density at radius 3 is 2.54 bits per heavy atom. The summed E-state index contributed by atoms with van der Waals surface area (Å²) in [6.45, 7) is 1.38. The highest BCUT2D eigenvalue weighted by Crippen LogP contribution is 2.31. The average molecular weight is 417 g/mol. The average Bonchev–Trinajstić information content (AvgIpc) is 2.57. The first-order valence-electron chi connectivity index (χ1n) is 7.52. The van der Waals surface area contributed by atoms with Gasteiger partial charge in [0.05, 0.1) is 9.92 Å². The monoisotopic (exact) mass is 416 g/mol. The van der Waals surface area contributed by atoms with Gasteiger partial charge in [-0.2, -0.15) is 0 Å². The highest BCUT2D eigenvalue weighted by Gasteiger charge is 2.20. The van der Waals surface area contributed by atoms with Crippen LogP contribution in [0.4, 0.5) is 5.69 Å². The van der Waals surface area contributed by atoms with Gasteiger partial charge in [-0.05, 0) is 36.8 Å². The molecule has 140 valence electrons. The lowest BCUT2D eigenvalue weighted by Gasteiger charge is -2.15. The molecular formula is C17H18Cl2N2O4S. The molecule has 0 fully saturated rings. The summed E-state index contributed by atoms with van der Waals surface area (Å²) in [6, 6.07) is 9.51. The van der Waals surface area contributed by atoms with E-state index in [1.807, 2.05) is 0 Å². The lowest BCUT2D eigenvalue weighted by Crippen LogP contribution is -2.24. The quantitative estimate of drug-likeness (QED) is 0.780. The lowest BCUT2D eigenvalue weighted by atomic mass is 10.2. The minimum Gasteiger partial charge on any atom is -0.482 e. The molecule has 0 heterocycles. The van der Waals surface area contributed by atoms with Gasteiger partial charge in [0.1, 0.15) is 10.8 Å². The van der Waals surface area contributed by atoms with Crippen molar-refractivity contribution < 1.29 is 17.9 Å². The van der Waals surface area contributed by atoms with Crippen molar-refractivity contribution in [2.75, 3.05) is 26.0 Å². The SMILES string of the molecule is Cc1ccc(NC(=O)COc2cccc(Cl)c2Cl)cc1S(=O)(=O)N(C)C. The Balaban J connectivity index is 2.11. The topological polar surface area (TPSA) is 75.7 Å². The first-order valence-corrected chi connectivity index (χ1v) is 9.72. The Labute approximate surface area is 162 Å². The summed E-state index contributed by atoms with van der Waals surface area (Å²) in [5, 5.41) is 3.14. The van der Waals surface area contributed by atoms with Crippen LogP contribution in [0.5, 0.6) is 5.75 Å². The molecule has 0 bridgehead atoms. The van der Waals surface area contributed by atoms with E-state index in [4.69, 9.17) is 27.9 Å². The number of benzene rings is 2. The molecule has 2 aromatic rings. The highest BCUT2D eigenvalue weighted by atomic mass is 35.5. The molecule has 2 aromatic carbocycles. The number of halogens is 2. The Morgan fingerprint density at radius 2 is 1.88 bits per heavy atom. The van der Waals surface area contributed by atoms with Gasteiger partial charge in [0.2, 0.25) is 10.0 Å². The van der Waals surface area contributed by atoms with E-state index in [0.717, 1.165) is 4.31 Å². The van der Waals surface area contributed by atoms with E-state index in [0.29, 0.717) is 16.3 Å². The molecule has 0 aliphatic heterocycles. The van der Waals surface area contributed by atoms with Crippen molar-refractivity contribution in [3.63, 3.8) is 0 Å². The van der Waals surface area contributed by atoms with E-state index in [2.05, 4.69) is 5.32 Å². The molecular weight excluding hydrogens is 399 g/mol. The van der Waals surface area contributed by atoms with Crippen LogP contribution in [-0.4, -0.2) is 39.3 Å². The molecule has 0 radical (unpaired) electrons. The lowest BCUT2D eigenvalue weighted by molar-refractivity contribution is -0.118. The van der Waals surface area contributed by atoms with Crippen LogP contribution >= 0.6 is 23.2 Å². The first kappa shape index (κ1) is 20.5. The maximum atomic E-state index is 12.3. The van der Waals surface area contributed by atoms with Crippen molar-refractivity contribution in [1.29, 1.82) is 0 Å². The van der Waals surface area contributed by atoms with E-state index < -0.39 is 15.9 Å². The third-order valence-electron chi connectivity index (χ3n) is 3.51. The van der Waals surface area contributed by atoms with Crippen molar-refractivity contribution in [3.05, 3.63) is 52.0 Å². The molecule has 26 heavy (non-hydrogen) atoms. The summed E-state index contributed by atoms with van der Waals surface area (Å²) >= 11 is 11.9. The molecule has 0 saturated heterocycles. The second-order valence-electron chi connectivity index (χ2n) is 5.66. The predicted octanol–water partition coefficient (Wildman–Crippen LogP) is 3.57. The number of anilines is 1. The number of hydrogen-bond acceptors (Lipinski definition) is 4. The number of sulfonamides is 1. The van der Waals surface area contributed by atoms with Crippen LogP contribution in [0.3, 0.4) is 0 Å². The molecule has 0 atom stereocenters. The van der Waals surface area contributed by atoms with Gasteiger partial charge in [-0.25, -0.2) is 12.7 Å². The molecule has 1 amide bonds. The van der Waals surface area contributed by atoms with E-state index in [1.165, 1.54) is 20.2 Å². The van der Waals surface area contributed by atoms with Crippen molar-refractivity contribution in [2.24, 2.45) is 0 Å². The van der Waals surface area contributed by atoms with Crippen LogP contribution in [0.1, 0.15) is 5.56 Å². The number of hydrogen-bond donors (Lipinski definition) is 1. The maximum Gasteiger partial charge on any atom is 0.262 e. The standard InChI is InChI=1S/C17H18Cl2N2O4S/c1-11-7-8-12(9-15(11)26(23,24)21(2)3)20-16(22)10-25-14-6-4-5-13(18)17(14)19/h4-9H,10H2,1-3H3,(H,20,22). The summed E-state index contributed by atoms with van der Waals surface area (Å²) in [6.07, 6.45) is 0. The summed E-state index contributed by atoms with van der Waals surface area (Å²) < 4.78 is 31.1. The fraction of sp³-hybridized carbons (Fsp3) is 0.235. The third-order valence-corrected chi connectivity index (χ3v) is 6.26. The fourth-order valence-corrected chi connectivity index (χ4v) is 3.58. The van der Waals surface area contributed by atoms with Crippen molar-refractivity contribution >= 4 is 44.8 Å². The van der Waals surface area contributed by atoms with Crippen LogP contribution in [0.15, 0.2) is 41.3 Å². The Bertz CT molecular complexity index is 930. The summed E-state index contributed by atoms with van der Waals surface area (Å²) in [5.41, 5.74) is 0.931. The molecule has 0 aromatic heterocycles. The van der Waals surface area contributed by atoms with Crippen molar-refractivity contribution in [3.8, 4) is 5.75 Å². The van der Waals surface area contributed by atoms with Gasteiger partial charge in [-0.1, -0.05) is 35.3 Å². The van der Waals surface area contributed by atoms with E-state index in [9.17, 15) is 13.2 Å². The van der Waals surface area contributed by atoms with E-state index in [1.54, 1.807) is 37.3 Å². The number of nitrogens with zero attached hydrogens (tertiary/aromatic N) is 1. The van der Waals surface area contributed by atoms with Gasteiger partial charge in [-0.3, -0.25) is 4.79 Å². The van der Waals surface area contributed by atoms with Crippen LogP contribution in [0.25, 0.3) is 0 Å². The van der Waals surface area contributed by atoms with Crippen LogP contribution in [0.2, 0.25) is 10.0 Å². The van der Waals surface area contributed by atoms with Crippen LogP contribution in [0, 0.1) is 6.92 Å². The molecule has 0 aliphatic rings. The number of carbonyl (C=O) groups is 1. The number of carbonyl (C=O) groups excluding carboxylic acids is 1. The molecule has 1 N–H and O–H groups in total. The number of ether oxygens (including phenoxy) is 1. The van der Waals surface area contributed by atoms with Gasteiger partial charge in [0, 0.05) is 19.8 Å². The van der Waals surface area contributed by atoms with E-state index >= 15 is 0 Å². The molecule has 9 heteroatoms. The number of amides is 1. The maximum absolute atomic E-state index is 12.3. The molecule has 0 spiro atoms. The number of aryl methyl sites for hydroxylation is 1. The fourth-order valence-electron chi connectivity index (χ4n) is 2.09. The molecule has 0 unspecified atom stereocenters. The van der Waals surface area contributed by atoms with E-state index in [-0.39, 0.29) is 22.3 Å². The first-order chi connectivity index (χ1) is 12.1. The zero-order chi connectivity index (χ0) is 19.5. The zero-order valence-corrected chi connectivity index (χ0v) is 16.7. The van der Waals surface area contributed by atoms with Crippen LogP contribution in [-0.2, 0) is 14.8 Å². The summed E-state index contributed by atoms with van der Waals surface area (Å²) in [5.74, 6) is -0.174. The van der Waals surface area contributed by atoms with Gasteiger partial charge >= 0.3 is 0 Å². The smallest absolute Gasteiger partial charge is 0.262 e. The van der Waals surface area contributed by atoms with Crippen molar-refractivity contribution in [1.82, 2.24) is 4.31 Å². The van der Waals surface area contributed by atoms with Gasteiger partial charge in [0.15, 0.2) is 6.61 Å². The Kier molecular flexibility index (Phi) is 6.52. The highest BCUT2D eigenvalue weighted by molar-refractivity contribution is 7.89. The minimum atomic E-state index is -3.61. The Morgan fingerprint density at radius 1 is 1.19 bits per heavy atom. The number of nitrogens with one attached hydrogen (secondary N) is 1. The second-order valence-corrected chi connectivity index (χ2v) is 8.56. The number of rotatable bonds is 6. The Hall–Kier alpha value is -1.80. The van der Waals surface area contributed by atoms with Crippen LogP contribution < -0.4 is 10.1 Å². The molecule has 2 rings (SSSR count). The van der Waals surface area contributed by atoms with Gasteiger partial charge in [0.25, 0.3) is 5.91 Å². The third kappa shape index (κ3) is 4.67. The molecule has 6 nitrogen and oxygen atoms in total. The predicted molar refractivity (Wildman–Crippen MR) is 103 cm³/mol. The molecule has 0 saturated carbocycles. The zero-order valence-electron chi connectivity index (χ0n) is 14.4. The second kappa shape index (κ2) is 8.26. The van der Waals surface area contributed by atoms with Gasteiger partial charge in [-0.15, -0.1) is 0 Å². The van der Waals surface area contributed by atoms with Gasteiger partial charge < -0.3 is 10.1 Å². The van der Waals surface area contributed by atoms with Crippen molar-refractivity contribution in [2.45, 2.75) is 11.8 Å². The largest absolute Gasteiger partial charge is 0.482 e. The summed E-state index contributed by atoms with van der Waals surface area (Å²) in [4.78, 5) is 12.2. The summed E-state index contributed by atoms with van der Waals surface area (Å²) in [7, 11) is -0.719.